The van der Waals surface area contributed by atoms with Crippen molar-refractivity contribution in [2.24, 2.45) is 5.73 Å². The molecule has 0 bridgehead atoms. The third kappa shape index (κ3) is 3.57. The van der Waals surface area contributed by atoms with Crippen LogP contribution in [0.4, 0.5) is 4.39 Å². The second kappa shape index (κ2) is 6.36. The molecule has 0 radical (unpaired) electrons. The Balaban J connectivity index is 2.14. The molecular weight excluding hydrogens is 313 g/mol. The first kappa shape index (κ1) is 13.6. The fourth-order valence-corrected chi connectivity index (χ4v) is 2.88. The van der Waals surface area contributed by atoms with E-state index in [4.69, 9.17) is 5.73 Å². The van der Waals surface area contributed by atoms with Gasteiger partial charge in [0.1, 0.15) is 5.82 Å². The number of nitrogens with two attached hydrogens (primary N) is 1. The highest BCUT2D eigenvalue weighted by Crippen LogP contribution is 2.34. The van der Waals surface area contributed by atoms with E-state index in [0.29, 0.717) is 6.54 Å². The molecule has 0 aliphatic heterocycles. The van der Waals surface area contributed by atoms with Crippen LogP contribution in [-0.4, -0.2) is 6.54 Å². The fourth-order valence-electron chi connectivity index (χ4n) is 1.61. The van der Waals surface area contributed by atoms with Gasteiger partial charge in [-0.25, -0.2) is 4.39 Å². The molecule has 0 aromatic heterocycles. The lowest BCUT2D eigenvalue weighted by Crippen LogP contribution is -2.09. The SMILES string of the molecule is NCC(Sc1ccc(F)cc1)c1ccc(Br)cc1. The van der Waals surface area contributed by atoms with Crippen LogP contribution in [-0.2, 0) is 0 Å². The first-order valence-corrected chi connectivity index (χ1v) is 7.24. The molecule has 1 nitrogen and oxygen atoms in total. The van der Waals surface area contributed by atoms with Gasteiger partial charge in [0.05, 0.1) is 0 Å². The summed E-state index contributed by atoms with van der Waals surface area (Å²) < 4.78 is 13.9. The molecule has 18 heavy (non-hydrogen) atoms. The van der Waals surface area contributed by atoms with Gasteiger partial charge < -0.3 is 5.73 Å². The van der Waals surface area contributed by atoms with Crippen LogP contribution in [0.1, 0.15) is 10.8 Å². The van der Waals surface area contributed by atoms with Gasteiger partial charge in [-0.2, -0.15) is 0 Å². The number of rotatable bonds is 4. The summed E-state index contributed by atoms with van der Waals surface area (Å²) in [7, 11) is 0. The summed E-state index contributed by atoms with van der Waals surface area (Å²) in [5, 5.41) is 0.184. The van der Waals surface area contributed by atoms with E-state index in [1.807, 2.05) is 12.1 Å². The molecule has 1 atom stereocenters. The second-order valence-corrected chi connectivity index (χ2v) is 6.04. The van der Waals surface area contributed by atoms with Crippen molar-refractivity contribution in [3.05, 3.63) is 64.4 Å². The van der Waals surface area contributed by atoms with Crippen LogP contribution in [0.25, 0.3) is 0 Å². The summed E-state index contributed by atoms with van der Waals surface area (Å²) >= 11 is 5.06. The molecule has 2 N–H and O–H groups in total. The maximum atomic E-state index is 12.8. The maximum Gasteiger partial charge on any atom is 0.123 e. The largest absolute Gasteiger partial charge is 0.329 e. The number of thioether (sulfide) groups is 1. The normalized spacial score (nSPS) is 12.4. The molecule has 0 aliphatic carbocycles. The smallest absolute Gasteiger partial charge is 0.123 e. The molecule has 0 spiro atoms. The van der Waals surface area contributed by atoms with Gasteiger partial charge in [-0.1, -0.05) is 28.1 Å². The van der Waals surface area contributed by atoms with E-state index < -0.39 is 0 Å². The predicted octanol–water partition coefficient (Wildman–Crippen LogP) is 4.38. The molecule has 4 heteroatoms. The molecule has 0 saturated heterocycles. The quantitative estimate of drug-likeness (QED) is 0.844. The zero-order valence-electron chi connectivity index (χ0n) is 9.64. The number of hydrogen-bond acceptors (Lipinski definition) is 2. The monoisotopic (exact) mass is 325 g/mol. The molecule has 2 rings (SSSR count). The first-order valence-electron chi connectivity index (χ1n) is 5.57. The van der Waals surface area contributed by atoms with Crippen molar-refractivity contribution < 1.29 is 4.39 Å². The minimum absolute atomic E-state index is 0.184. The Morgan fingerprint density at radius 2 is 1.67 bits per heavy atom. The lowest BCUT2D eigenvalue weighted by Gasteiger charge is -2.15. The molecule has 2 aromatic rings. The van der Waals surface area contributed by atoms with Crippen LogP contribution in [0, 0.1) is 5.82 Å². The summed E-state index contributed by atoms with van der Waals surface area (Å²) in [5.74, 6) is -0.215. The number of halogens is 2. The van der Waals surface area contributed by atoms with Crippen molar-refractivity contribution in [3.8, 4) is 0 Å². The molecule has 2 aromatic carbocycles. The molecule has 0 heterocycles. The van der Waals surface area contributed by atoms with E-state index in [9.17, 15) is 4.39 Å². The molecule has 0 amide bonds. The Morgan fingerprint density at radius 1 is 1.06 bits per heavy atom. The highest BCUT2D eigenvalue weighted by molar-refractivity contribution is 9.10. The Labute approximate surface area is 119 Å². The molecule has 0 saturated carbocycles. The molecule has 0 fully saturated rings. The Hall–Kier alpha value is -0.840. The van der Waals surface area contributed by atoms with Gasteiger partial charge in [-0.05, 0) is 42.0 Å². The summed E-state index contributed by atoms with van der Waals surface area (Å²) in [5.41, 5.74) is 6.99. The average molecular weight is 326 g/mol. The average Bonchev–Trinajstić information content (AvgIpc) is 2.39. The summed E-state index contributed by atoms with van der Waals surface area (Å²) in [6.07, 6.45) is 0. The standard InChI is InChI=1S/C14H13BrFNS/c15-11-3-1-10(2-4-11)14(9-17)18-13-7-5-12(16)6-8-13/h1-8,14H,9,17H2. The molecule has 0 aliphatic rings. The molecule has 94 valence electrons. The van der Waals surface area contributed by atoms with Crippen LogP contribution in [0.5, 0.6) is 0 Å². The number of benzene rings is 2. The van der Waals surface area contributed by atoms with Crippen LogP contribution < -0.4 is 5.73 Å². The minimum Gasteiger partial charge on any atom is -0.329 e. The maximum absolute atomic E-state index is 12.8. The van der Waals surface area contributed by atoms with Crippen LogP contribution >= 0.6 is 27.7 Å². The lowest BCUT2D eigenvalue weighted by atomic mass is 10.1. The van der Waals surface area contributed by atoms with Gasteiger partial charge in [0, 0.05) is 21.2 Å². The summed E-state index contributed by atoms with van der Waals surface area (Å²) in [6.45, 7) is 0.545. The first-order chi connectivity index (χ1) is 8.69. The van der Waals surface area contributed by atoms with Crippen molar-refractivity contribution >= 4 is 27.7 Å². The van der Waals surface area contributed by atoms with E-state index in [2.05, 4.69) is 28.1 Å². The van der Waals surface area contributed by atoms with Crippen molar-refractivity contribution in [2.75, 3.05) is 6.54 Å². The lowest BCUT2D eigenvalue weighted by molar-refractivity contribution is 0.626. The van der Waals surface area contributed by atoms with Crippen LogP contribution in [0.2, 0.25) is 0 Å². The van der Waals surface area contributed by atoms with Crippen molar-refractivity contribution in [1.82, 2.24) is 0 Å². The van der Waals surface area contributed by atoms with E-state index in [0.717, 1.165) is 9.37 Å². The second-order valence-electron chi connectivity index (χ2n) is 3.85. The predicted molar refractivity (Wildman–Crippen MR) is 78.2 cm³/mol. The van der Waals surface area contributed by atoms with Gasteiger partial charge in [-0.15, -0.1) is 11.8 Å². The van der Waals surface area contributed by atoms with Gasteiger partial charge in [0.2, 0.25) is 0 Å². The fraction of sp³-hybridized carbons (Fsp3) is 0.143. The van der Waals surface area contributed by atoms with Gasteiger partial charge >= 0.3 is 0 Å². The number of hydrogen-bond donors (Lipinski definition) is 1. The van der Waals surface area contributed by atoms with E-state index in [1.54, 1.807) is 23.9 Å². The van der Waals surface area contributed by atoms with Gasteiger partial charge in [0.25, 0.3) is 0 Å². The Morgan fingerprint density at radius 3 is 2.22 bits per heavy atom. The van der Waals surface area contributed by atoms with Crippen molar-refractivity contribution in [2.45, 2.75) is 10.1 Å². The van der Waals surface area contributed by atoms with Crippen LogP contribution in [0.3, 0.4) is 0 Å². The zero-order valence-corrected chi connectivity index (χ0v) is 12.0. The molecule has 1 unspecified atom stereocenters. The van der Waals surface area contributed by atoms with Gasteiger partial charge in [-0.3, -0.25) is 0 Å². The molecular formula is C14H13BrFNS. The van der Waals surface area contributed by atoms with Crippen LogP contribution in [0.15, 0.2) is 57.9 Å². The van der Waals surface area contributed by atoms with E-state index in [1.165, 1.54) is 17.7 Å². The topological polar surface area (TPSA) is 26.0 Å². The third-order valence-corrected chi connectivity index (χ3v) is 4.37. The minimum atomic E-state index is -0.215. The van der Waals surface area contributed by atoms with E-state index in [-0.39, 0.29) is 11.1 Å². The summed E-state index contributed by atoms with van der Waals surface area (Å²) in [6, 6.07) is 14.6. The Kier molecular flexibility index (Phi) is 4.80. The van der Waals surface area contributed by atoms with Gasteiger partial charge in [0.15, 0.2) is 0 Å². The Bertz CT molecular complexity index is 498. The highest BCUT2D eigenvalue weighted by atomic mass is 79.9. The van der Waals surface area contributed by atoms with Crippen molar-refractivity contribution in [3.63, 3.8) is 0 Å². The third-order valence-electron chi connectivity index (χ3n) is 2.55. The zero-order chi connectivity index (χ0) is 13.0. The summed E-state index contributed by atoms with van der Waals surface area (Å²) in [4.78, 5) is 1.02. The van der Waals surface area contributed by atoms with E-state index >= 15 is 0 Å². The van der Waals surface area contributed by atoms with Crippen molar-refractivity contribution in [1.29, 1.82) is 0 Å². The highest BCUT2D eigenvalue weighted by Gasteiger charge is 2.11.